The Morgan fingerprint density at radius 1 is 1.27 bits per heavy atom. The van der Waals surface area contributed by atoms with Crippen molar-refractivity contribution in [3.8, 4) is 0 Å². The highest BCUT2D eigenvalue weighted by molar-refractivity contribution is 5.85. The van der Waals surface area contributed by atoms with Crippen molar-refractivity contribution in [2.24, 2.45) is 0 Å². The highest BCUT2D eigenvalue weighted by Gasteiger charge is 2.33. The SMILES string of the molecule is CCONC(=O)C1CCCCN1C(=O)OCc1ccccc1. The molecule has 6 nitrogen and oxygen atoms in total. The van der Waals surface area contributed by atoms with Crippen LogP contribution in [0.1, 0.15) is 31.7 Å². The van der Waals surface area contributed by atoms with Gasteiger partial charge in [0.2, 0.25) is 0 Å². The smallest absolute Gasteiger partial charge is 0.410 e. The van der Waals surface area contributed by atoms with Crippen molar-refractivity contribution >= 4 is 12.0 Å². The third kappa shape index (κ3) is 4.46. The first-order valence-electron chi connectivity index (χ1n) is 7.61. The molecule has 1 N–H and O–H groups in total. The fourth-order valence-electron chi connectivity index (χ4n) is 2.44. The maximum Gasteiger partial charge on any atom is 0.410 e. The Bertz CT molecular complexity index is 492. The van der Waals surface area contributed by atoms with Crippen LogP contribution in [0, 0.1) is 0 Å². The van der Waals surface area contributed by atoms with Crippen molar-refractivity contribution in [1.82, 2.24) is 10.4 Å². The number of rotatable bonds is 5. The first-order chi connectivity index (χ1) is 10.7. The quantitative estimate of drug-likeness (QED) is 0.847. The van der Waals surface area contributed by atoms with Crippen LogP contribution in [-0.4, -0.2) is 36.1 Å². The van der Waals surface area contributed by atoms with Crippen molar-refractivity contribution in [2.75, 3.05) is 13.2 Å². The van der Waals surface area contributed by atoms with Gasteiger partial charge in [0.15, 0.2) is 0 Å². The Morgan fingerprint density at radius 2 is 2.05 bits per heavy atom. The third-order valence-corrected chi connectivity index (χ3v) is 3.56. The number of nitrogens with zero attached hydrogens (tertiary/aromatic N) is 1. The number of likely N-dealkylation sites (tertiary alicyclic amines) is 1. The van der Waals surface area contributed by atoms with Gasteiger partial charge in [-0.25, -0.2) is 10.3 Å². The molecule has 120 valence electrons. The van der Waals surface area contributed by atoms with Crippen LogP contribution in [0.25, 0.3) is 0 Å². The molecule has 6 heteroatoms. The topological polar surface area (TPSA) is 67.9 Å². The summed E-state index contributed by atoms with van der Waals surface area (Å²) in [6.45, 7) is 2.90. The van der Waals surface area contributed by atoms with Crippen LogP contribution in [0.15, 0.2) is 30.3 Å². The molecule has 0 aromatic heterocycles. The second-order valence-electron chi connectivity index (χ2n) is 5.14. The van der Waals surface area contributed by atoms with E-state index in [0.717, 1.165) is 18.4 Å². The number of benzene rings is 1. The molecule has 1 aliphatic heterocycles. The molecular formula is C16H22N2O4. The van der Waals surface area contributed by atoms with Gasteiger partial charge in [0.25, 0.3) is 5.91 Å². The summed E-state index contributed by atoms with van der Waals surface area (Å²) in [5, 5.41) is 0. The Kier molecular flexibility index (Phi) is 6.21. The van der Waals surface area contributed by atoms with Crippen molar-refractivity contribution < 1.29 is 19.2 Å². The summed E-state index contributed by atoms with van der Waals surface area (Å²) in [4.78, 5) is 30.7. The predicted octanol–water partition coefficient (Wildman–Crippen LogP) is 2.25. The van der Waals surface area contributed by atoms with Crippen molar-refractivity contribution in [1.29, 1.82) is 0 Å². The number of piperidine rings is 1. The van der Waals surface area contributed by atoms with Crippen LogP contribution in [0.4, 0.5) is 4.79 Å². The zero-order valence-electron chi connectivity index (χ0n) is 12.8. The number of ether oxygens (including phenoxy) is 1. The lowest BCUT2D eigenvalue weighted by atomic mass is 10.0. The lowest BCUT2D eigenvalue weighted by Crippen LogP contribution is -2.52. The molecule has 1 aliphatic rings. The van der Waals surface area contributed by atoms with E-state index in [1.54, 1.807) is 6.92 Å². The van der Waals surface area contributed by atoms with E-state index in [-0.39, 0.29) is 12.5 Å². The molecule has 1 fully saturated rings. The molecule has 1 unspecified atom stereocenters. The van der Waals surface area contributed by atoms with E-state index >= 15 is 0 Å². The average molecular weight is 306 g/mol. The van der Waals surface area contributed by atoms with E-state index in [1.165, 1.54) is 4.90 Å². The van der Waals surface area contributed by atoms with Gasteiger partial charge in [-0.3, -0.25) is 14.5 Å². The average Bonchev–Trinajstić information content (AvgIpc) is 2.58. The van der Waals surface area contributed by atoms with Crippen molar-refractivity contribution in [2.45, 2.75) is 38.8 Å². The van der Waals surface area contributed by atoms with Gasteiger partial charge in [-0.2, -0.15) is 0 Å². The van der Waals surface area contributed by atoms with Gasteiger partial charge in [-0.15, -0.1) is 0 Å². The fraction of sp³-hybridized carbons (Fsp3) is 0.500. The van der Waals surface area contributed by atoms with E-state index in [2.05, 4.69) is 5.48 Å². The van der Waals surface area contributed by atoms with E-state index < -0.39 is 12.1 Å². The molecule has 0 spiro atoms. The third-order valence-electron chi connectivity index (χ3n) is 3.56. The Balaban J connectivity index is 1.91. The molecule has 1 aromatic carbocycles. The van der Waals surface area contributed by atoms with Crippen LogP contribution in [0.2, 0.25) is 0 Å². The van der Waals surface area contributed by atoms with Gasteiger partial charge in [0, 0.05) is 6.54 Å². The lowest BCUT2D eigenvalue weighted by Gasteiger charge is -2.33. The molecule has 0 saturated carbocycles. The number of carbonyl (C=O) groups is 2. The maximum atomic E-state index is 12.2. The summed E-state index contributed by atoms with van der Waals surface area (Å²) >= 11 is 0. The fourth-order valence-corrected chi connectivity index (χ4v) is 2.44. The van der Waals surface area contributed by atoms with Gasteiger partial charge in [0.1, 0.15) is 12.6 Å². The van der Waals surface area contributed by atoms with Gasteiger partial charge in [-0.05, 0) is 31.7 Å². The molecule has 0 radical (unpaired) electrons. The second-order valence-corrected chi connectivity index (χ2v) is 5.14. The summed E-state index contributed by atoms with van der Waals surface area (Å²) in [7, 11) is 0. The molecule has 1 saturated heterocycles. The first kappa shape index (κ1) is 16.3. The van der Waals surface area contributed by atoms with Crippen LogP contribution in [0.5, 0.6) is 0 Å². The normalized spacial score (nSPS) is 17.9. The Morgan fingerprint density at radius 3 is 2.77 bits per heavy atom. The number of hydrogen-bond donors (Lipinski definition) is 1. The minimum atomic E-state index is -0.524. The highest BCUT2D eigenvalue weighted by Crippen LogP contribution is 2.18. The molecule has 2 amide bonds. The summed E-state index contributed by atoms with van der Waals surface area (Å²) in [6.07, 6.45) is 1.95. The predicted molar refractivity (Wildman–Crippen MR) is 80.7 cm³/mol. The highest BCUT2D eigenvalue weighted by atomic mass is 16.6. The van der Waals surface area contributed by atoms with Crippen LogP contribution < -0.4 is 5.48 Å². The summed E-state index contributed by atoms with van der Waals surface area (Å²) < 4.78 is 5.32. The number of hydroxylamine groups is 1. The van der Waals surface area contributed by atoms with E-state index in [4.69, 9.17) is 9.57 Å². The standard InChI is InChI=1S/C16H22N2O4/c1-2-22-17-15(19)14-10-6-7-11-18(14)16(20)21-12-13-8-4-3-5-9-13/h3-5,8-9,14H,2,6-7,10-12H2,1H3,(H,17,19). The minimum absolute atomic E-state index is 0.204. The molecule has 22 heavy (non-hydrogen) atoms. The number of carbonyl (C=O) groups excluding carboxylic acids is 2. The van der Waals surface area contributed by atoms with Crippen LogP contribution >= 0.6 is 0 Å². The second kappa shape index (κ2) is 8.38. The Labute approximate surface area is 130 Å². The molecule has 0 bridgehead atoms. The zero-order valence-corrected chi connectivity index (χ0v) is 12.8. The number of amides is 2. The van der Waals surface area contributed by atoms with E-state index in [9.17, 15) is 9.59 Å². The van der Waals surface area contributed by atoms with Gasteiger partial charge in [0.05, 0.1) is 6.61 Å². The first-order valence-corrected chi connectivity index (χ1v) is 7.61. The molecule has 2 rings (SSSR count). The lowest BCUT2D eigenvalue weighted by molar-refractivity contribution is -0.139. The molecule has 1 atom stereocenters. The molecule has 1 aromatic rings. The monoisotopic (exact) mass is 306 g/mol. The van der Waals surface area contributed by atoms with E-state index in [0.29, 0.717) is 19.6 Å². The van der Waals surface area contributed by atoms with E-state index in [1.807, 2.05) is 30.3 Å². The van der Waals surface area contributed by atoms with Gasteiger partial charge >= 0.3 is 6.09 Å². The Hall–Kier alpha value is -2.08. The molecule has 0 aliphatic carbocycles. The van der Waals surface area contributed by atoms with Crippen molar-refractivity contribution in [3.05, 3.63) is 35.9 Å². The minimum Gasteiger partial charge on any atom is -0.445 e. The number of hydrogen-bond acceptors (Lipinski definition) is 4. The maximum absolute atomic E-state index is 12.2. The van der Waals surface area contributed by atoms with Gasteiger partial charge < -0.3 is 4.74 Å². The van der Waals surface area contributed by atoms with Crippen molar-refractivity contribution in [3.63, 3.8) is 0 Å². The van der Waals surface area contributed by atoms with Crippen LogP contribution in [0.3, 0.4) is 0 Å². The summed E-state index contributed by atoms with van der Waals surface area (Å²) in [6, 6.07) is 8.95. The summed E-state index contributed by atoms with van der Waals surface area (Å²) in [5.41, 5.74) is 3.29. The number of nitrogens with one attached hydrogen (secondary N) is 1. The molecule has 1 heterocycles. The van der Waals surface area contributed by atoms with Crippen LogP contribution in [-0.2, 0) is 21.0 Å². The molecular weight excluding hydrogens is 284 g/mol. The summed E-state index contributed by atoms with van der Waals surface area (Å²) in [5.74, 6) is -0.293. The largest absolute Gasteiger partial charge is 0.445 e. The van der Waals surface area contributed by atoms with Gasteiger partial charge in [-0.1, -0.05) is 30.3 Å². The zero-order chi connectivity index (χ0) is 15.8.